The van der Waals surface area contributed by atoms with Crippen molar-refractivity contribution >= 4 is 11.0 Å². The molecule has 2 heterocycles. The van der Waals surface area contributed by atoms with Gasteiger partial charge in [0.1, 0.15) is 18.7 Å². The summed E-state index contributed by atoms with van der Waals surface area (Å²) in [6, 6.07) is 1.83. The second-order valence-corrected chi connectivity index (χ2v) is 3.46. The van der Waals surface area contributed by atoms with Gasteiger partial charge in [0.05, 0.1) is 0 Å². The molecule has 0 radical (unpaired) electrons. The van der Waals surface area contributed by atoms with Crippen LogP contribution in [0, 0.1) is 0 Å². The minimum atomic E-state index is -2.09. The van der Waals surface area contributed by atoms with Gasteiger partial charge in [0.15, 0.2) is 0 Å². The lowest BCUT2D eigenvalue weighted by molar-refractivity contribution is -0.350. The van der Waals surface area contributed by atoms with Crippen LogP contribution in [0.5, 0.6) is 0 Å². The number of hydrogen-bond donors (Lipinski definition) is 2. The molecule has 0 saturated heterocycles. The molecule has 2 aromatic rings. The van der Waals surface area contributed by atoms with Crippen LogP contribution in [-0.2, 0) is 11.5 Å². The third kappa shape index (κ3) is 2.19. The topological polar surface area (TPSA) is 80.4 Å². The van der Waals surface area contributed by atoms with Crippen LogP contribution in [0.15, 0.2) is 24.8 Å². The molecule has 0 aliphatic heterocycles. The van der Waals surface area contributed by atoms with Crippen LogP contribution in [-0.4, -0.2) is 30.7 Å². The van der Waals surface area contributed by atoms with Gasteiger partial charge in [0.2, 0.25) is 0 Å². The average Bonchev–Trinajstić information content (AvgIpc) is 2.70. The van der Waals surface area contributed by atoms with E-state index in [4.69, 9.17) is 4.74 Å². The van der Waals surface area contributed by atoms with E-state index in [0.717, 1.165) is 5.39 Å². The first-order valence-corrected chi connectivity index (χ1v) is 4.96. The molecule has 0 aliphatic rings. The first kappa shape index (κ1) is 11.0. The van der Waals surface area contributed by atoms with E-state index in [2.05, 4.69) is 9.97 Å². The number of rotatable bonds is 4. The van der Waals surface area contributed by atoms with Crippen LogP contribution in [0.1, 0.15) is 13.3 Å². The Balaban J connectivity index is 2.16. The predicted molar refractivity (Wildman–Crippen MR) is 56.1 cm³/mol. The van der Waals surface area contributed by atoms with Crippen molar-refractivity contribution in [1.29, 1.82) is 0 Å². The summed E-state index contributed by atoms with van der Waals surface area (Å²) in [5, 5.41) is 19.4. The smallest absolute Gasteiger partial charge is 0.279 e. The maximum absolute atomic E-state index is 9.28. The summed E-state index contributed by atoms with van der Waals surface area (Å²) < 4.78 is 6.62. The van der Waals surface area contributed by atoms with Crippen LogP contribution in [0.3, 0.4) is 0 Å². The summed E-state index contributed by atoms with van der Waals surface area (Å²) in [6.07, 6.45) is 4.97. The van der Waals surface area contributed by atoms with Gasteiger partial charge in [-0.25, -0.2) is 9.97 Å². The molecule has 0 saturated carbocycles. The Bertz CT molecular complexity index is 481. The summed E-state index contributed by atoms with van der Waals surface area (Å²) in [4.78, 5) is 7.96. The van der Waals surface area contributed by atoms with Crippen molar-refractivity contribution < 1.29 is 14.9 Å². The molecule has 16 heavy (non-hydrogen) atoms. The Hall–Kier alpha value is -1.50. The highest BCUT2D eigenvalue weighted by Crippen LogP contribution is 2.13. The first-order valence-electron chi connectivity index (χ1n) is 4.96. The van der Waals surface area contributed by atoms with E-state index in [9.17, 15) is 10.2 Å². The highest BCUT2D eigenvalue weighted by molar-refractivity contribution is 5.74. The van der Waals surface area contributed by atoms with E-state index in [1.54, 1.807) is 23.9 Å². The van der Waals surface area contributed by atoms with Crippen molar-refractivity contribution in [1.82, 2.24) is 14.5 Å². The second-order valence-electron chi connectivity index (χ2n) is 3.46. The fraction of sp³-hybridized carbons (Fsp3) is 0.400. The first-order chi connectivity index (χ1) is 7.62. The molecule has 0 aromatic carbocycles. The summed E-state index contributed by atoms with van der Waals surface area (Å²) in [7, 11) is 0. The summed E-state index contributed by atoms with van der Waals surface area (Å²) in [5.74, 6) is -2.09. The van der Waals surface area contributed by atoms with E-state index in [1.807, 2.05) is 6.07 Å². The average molecular weight is 223 g/mol. The molecule has 86 valence electrons. The Morgan fingerprint density at radius 2 is 2.31 bits per heavy atom. The molecular formula is C10H13N3O3. The Morgan fingerprint density at radius 1 is 1.50 bits per heavy atom. The number of ether oxygens (including phenoxy) is 1. The molecule has 0 fully saturated rings. The molecular weight excluding hydrogens is 210 g/mol. The van der Waals surface area contributed by atoms with Gasteiger partial charge in [0, 0.05) is 24.2 Å². The van der Waals surface area contributed by atoms with E-state index in [0.29, 0.717) is 5.65 Å². The van der Waals surface area contributed by atoms with Gasteiger partial charge >= 0.3 is 0 Å². The lowest BCUT2D eigenvalue weighted by Gasteiger charge is -2.20. The van der Waals surface area contributed by atoms with Gasteiger partial charge in [-0.15, -0.1) is 0 Å². The zero-order valence-corrected chi connectivity index (χ0v) is 8.87. The van der Waals surface area contributed by atoms with Gasteiger partial charge in [0.25, 0.3) is 5.97 Å². The van der Waals surface area contributed by atoms with Crippen molar-refractivity contribution in [2.24, 2.45) is 0 Å². The van der Waals surface area contributed by atoms with Gasteiger partial charge in [-0.1, -0.05) is 6.92 Å². The number of fused-ring (bicyclic) bond motifs is 1. The lowest BCUT2D eigenvalue weighted by atomic mass is 10.4. The fourth-order valence-corrected chi connectivity index (χ4v) is 1.31. The van der Waals surface area contributed by atoms with E-state index >= 15 is 0 Å². The molecule has 0 aliphatic carbocycles. The van der Waals surface area contributed by atoms with Crippen molar-refractivity contribution in [2.45, 2.75) is 26.0 Å². The molecule has 0 amide bonds. The molecule has 0 bridgehead atoms. The molecule has 0 atom stereocenters. The third-order valence-electron chi connectivity index (χ3n) is 2.32. The Kier molecular flexibility index (Phi) is 2.86. The minimum absolute atomic E-state index is 0.0291. The van der Waals surface area contributed by atoms with Crippen molar-refractivity contribution in [2.75, 3.05) is 0 Å². The molecule has 2 N–H and O–H groups in total. The molecule has 0 unspecified atom stereocenters. The lowest BCUT2D eigenvalue weighted by Crippen LogP contribution is -2.31. The fourth-order valence-electron chi connectivity index (χ4n) is 1.31. The number of aromatic nitrogens is 3. The summed E-state index contributed by atoms with van der Waals surface area (Å²) in [5.41, 5.74) is 0.696. The zero-order chi connectivity index (χ0) is 11.6. The van der Waals surface area contributed by atoms with E-state index < -0.39 is 5.97 Å². The molecule has 2 aromatic heterocycles. The van der Waals surface area contributed by atoms with Gasteiger partial charge in [-0.2, -0.15) is 0 Å². The van der Waals surface area contributed by atoms with Crippen LogP contribution in [0.25, 0.3) is 11.0 Å². The maximum atomic E-state index is 9.28. The number of hydrogen-bond acceptors (Lipinski definition) is 5. The van der Waals surface area contributed by atoms with Crippen LogP contribution >= 0.6 is 0 Å². The normalized spacial score (nSPS) is 12.2. The number of aliphatic hydroxyl groups is 2. The molecule has 6 nitrogen and oxygen atoms in total. The SMILES string of the molecule is CCC(O)(O)OCn1ccc2cncnc21. The summed E-state index contributed by atoms with van der Waals surface area (Å²) >= 11 is 0. The predicted octanol–water partition coefficient (Wildman–Crippen LogP) is 0.454. The second kappa shape index (κ2) is 4.17. The highest BCUT2D eigenvalue weighted by atomic mass is 16.8. The Morgan fingerprint density at radius 3 is 3.06 bits per heavy atom. The quantitative estimate of drug-likeness (QED) is 0.736. The van der Waals surface area contributed by atoms with E-state index in [1.165, 1.54) is 6.33 Å². The van der Waals surface area contributed by atoms with Crippen LogP contribution in [0.4, 0.5) is 0 Å². The minimum Gasteiger partial charge on any atom is -0.343 e. The van der Waals surface area contributed by atoms with E-state index in [-0.39, 0.29) is 13.2 Å². The molecule has 0 spiro atoms. The van der Waals surface area contributed by atoms with Crippen LogP contribution in [0.2, 0.25) is 0 Å². The number of nitrogens with zero attached hydrogens (tertiary/aromatic N) is 3. The largest absolute Gasteiger partial charge is 0.343 e. The molecule has 6 heteroatoms. The third-order valence-corrected chi connectivity index (χ3v) is 2.32. The monoisotopic (exact) mass is 223 g/mol. The maximum Gasteiger partial charge on any atom is 0.279 e. The van der Waals surface area contributed by atoms with Crippen molar-refractivity contribution in [3.05, 3.63) is 24.8 Å². The standard InChI is InChI=1S/C10H13N3O3/c1-2-10(14,15)16-7-13-4-3-8-5-11-6-12-9(8)13/h3-6,14-15H,2,7H2,1H3. The van der Waals surface area contributed by atoms with Gasteiger partial charge in [-0.05, 0) is 6.07 Å². The van der Waals surface area contributed by atoms with Crippen molar-refractivity contribution in [3.8, 4) is 0 Å². The molecule has 2 rings (SSSR count). The highest BCUT2D eigenvalue weighted by Gasteiger charge is 2.21. The van der Waals surface area contributed by atoms with Gasteiger partial charge in [-0.3, -0.25) is 0 Å². The summed E-state index contributed by atoms with van der Waals surface area (Å²) in [6.45, 7) is 1.65. The van der Waals surface area contributed by atoms with Crippen LogP contribution < -0.4 is 0 Å². The van der Waals surface area contributed by atoms with Gasteiger partial charge < -0.3 is 19.5 Å². The zero-order valence-electron chi connectivity index (χ0n) is 8.87. The Labute approximate surface area is 92.1 Å². The van der Waals surface area contributed by atoms with Crippen molar-refractivity contribution in [3.63, 3.8) is 0 Å².